The zero-order valence-electron chi connectivity index (χ0n) is 7.46. The fourth-order valence-corrected chi connectivity index (χ4v) is 1.22. The van der Waals surface area contributed by atoms with Gasteiger partial charge >= 0.3 is 0 Å². The molecule has 0 unspecified atom stereocenters. The van der Waals surface area contributed by atoms with Crippen molar-refractivity contribution in [3.05, 3.63) is 35.7 Å². The Morgan fingerprint density at radius 2 is 2.29 bits per heavy atom. The Bertz CT molecular complexity index is 374. The zero-order chi connectivity index (χ0) is 10.6. The standard InChI is InChI=1S/C10H8ClFO2/c1-14-10-3-2-7(12)6-8(10)9(11)4-5-13/h2-6H,1H3/b9-4-. The lowest BCUT2D eigenvalue weighted by Crippen LogP contribution is -1.90. The second-order valence-electron chi connectivity index (χ2n) is 2.50. The van der Waals surface area contributed by atoms with Crippen LogP contribution < -0.4 is 4.74 Å². The smallest absolute Gasteiger partial charge is 0.144 e. The summed E-state index contributed by atoms with van der Waals surface area (Å²) in [7, 11) is 1.45. The Labute approximate surface area is 85.9 Å². The molecule has 0 heterocycles. The Kier molecular flexibility index (Phi) is 3.65. The van der Waals surface area contributed by atoms with Gasteiger partial charge in [-0.25, -0.2) is 4.39 Å². The lowest BCUT2D eigenvalue weighted by molar-refractivity contribution is -0.104. The quantitative estimate of drug-likeness (QED) is 0.571. The summed E-state index contributed by atoms with van der Waals surface area (Å²) >= 11 is 5.75. The van der Waals surface area contributed by atoms with Gasteiger partial charge in [0.2, 0.25) is 0 Å². The molecule has 0 aliphatic heterocycles. The highest BCUT2D eigenvalue weighted by atomic mass is 35.5. The number of benzene rings is 1. The highest BCUT2D eigenvalue weighted by Crippen LogP contribution is 2.28. The molecule has 1 aromatic rings. The van der Waals surface area contributed by atoms with Crippen molar-refractivity contribution in [3.63, 3.8) is 0 Å². The van der Waals surface area contributed by atoms with E-state index in [2.05, 4.69) is 0 Å². The van der Waals surface area contributed by atoms with Crippen LogP contribution in [0, 0.1) is 5.82 Å². The van der Waals surface area contributed by atoms with E-state index in [-0.39, 0.29) is 5.03 Å². The largest absolute Gasteiger partial charge is 0.496 e. The van der Waals surface area contributed by atoms with Crippen LogP contribution in [0.4, 0.5) is 4.39 Å². The molecule has 1 rings (SSSR count). The molecule has 14 heavy (non-hydrogen) atoms. The van der Waals surface area contributed by atoms with Gasteiger partial charge in [0.25, 0.3) is 0 Å². The Morgan fingerprint density at radius 1 is 1.57 bits per heavy atom. The molecule has 0 aromatic heterocycles. The molecule has 4 heteroatoms. The summed E-state index contributed by atoms with van der Waals surface area (Å²) in [5.41, 5.74) is 0.362. The van der Waals surface area contributed by atoms with Crippen molar-refractivity contribution >= 4 is 22.9 Å². The van der Waals surface area contributed by atoms with E-state index < -0.39 is 5.82 Å². The average Bonchev–Trinajstić information content (AvgIpc) is 2.18. The first-order chi connectivity index (χ1) is 6.69. The minimum Gasteiger partial charge on any atom is -0.496 e. The molecule has 0 radical (unpaired) electrons. The van der Waals surface area contributed by atoms with Crippen LogP contribution >= 0.6 is 11.6 Å². The lowest BCUT2D eigenvalue weighted by Gasteiger charge is -2.06. The third kappa shape index (κ3) is 2.33. The highest BCUT2D eigenvalue weighted by molar-refractivity contribution is 6.50. The number of aldehydes is 1. The van der Waals surface area contributed by atoms with Crippen molar-refractivity contribution in [1.82, 2.24) is 0 Å². The van der Waals surface area contributed by atoms with Gasteiger partial charge in [0, 0.05) is 5.56 Å². The van der Waals surface area contributed by atoms with Crippen molar-refractivity contribution in [3.8, 4) is 5.75 Å². The number of ether oxygens (including phenoxy) is 1. The average molecular weight is 215 g/mol. The van der Waals surface area contributed by atoms with Gasteiger partial charge < -0.3 is 4.74 Å². The van der Waals surface area contributed by atoms with Crippen LogP contribution in [0.2, 0.25) is 0 Å². The van der Waals surface area contributed by atoms with E-state index >= 15 is 0 Å². The number of halogens is 2. The van der Waals surface area contributed by atoms with Crippen molar-refractivity contribution in [1.29, 1.82) is 0 Å². The van der Waals surface area contributed by atoms with Crippen LogP contribution in [0.25, 0.3) is 5.03 Å². The summed E-state index contributed by atoms with van der Waals surface area (Å²) in [6.07, 6.45) is 1.67. The third-order valence-corrected chi connectivity index (χ3v) is 1.96. The molecule has 0 N–H and O–H groups in total. The SMILES string of the molecule is COc1ccc(F)cc1/C(Cl)=C/C=O. The normalized spacial score (nSPS) is 11.2. The third-order valence-electron chi connectivity index (χ3n) is 1.63. The molecule has 0 spiro atoms. The van der Waals surface area contributed by atoms with E-state index in [1.54, 1.807) is 0 Å². The van der Waals surface area contributed by atoms with Gasteiger partial charge in [0.1, 0.15) is 17.9 Å². The van der Waals surface area contributed by atoms with Crippen molar-refractivity contribution < 1.29 is 13.9 Å². The summed E-state index contributed by atoms with van der Waals surface area (Å²) in [5.74, 6) is -0.00671. The second-order valence-corrected chi connectivity index (χ2v) is 2.90. The van der Waals surface area contributed by atoms with E-state index in [1.165, 1.54) is 25.3 Å². The van der Waals surface area contributed by atoms with Crippen molar-refractivity contribution in [2.45, 2.75) is 0 Å². The highest BCUT2D eigenvalue weighted by Gasteiger charge is 2.07. The van der Waals surface area contributed by atoms with Crippen molar-refractivity contribution in [2.24, 2.45) is 0 Å². The first kappa shape index (κ1) is 10.7. The van der Waals surface area contributed by atoms with Crippen LogP contribution in [0.3, 0.4) is 0 Å². The van der Waals surface area contributed by atoms with E-state index in [0.717, 1.165) is 6.08 Å². The maximum Gasteiger partial charge on any atom is 0.144 e. The molecule has 74 valence electrons. The molecular weight excluding hydrogens is 207 g/mol. The van der Waals surface area contributed by atoms with Crippen LogP contribution in [-0.2, 0) is 4.79 Å². The summed E-state index contributed by atoms with van der Waals surface area (Å²) in [6, 6.07) is 3.92. The number of hydrogen-bond acceptors (Lipinski definition) is 2. The Morgan fingerprint density at radius 3 is 2.86 bits per heavy atom. The molecule has 2 nitrogen and oxygen atoms in total. The van der Waals surface area contributed by atoms with Crippen molar-refractivity contribution in [2.75, 3.05) is 7.11 Å². The van der Waals surface area contributed by atoms with Gasteiger partial charge in [-0.15, -0.1) is 0 Å². The van der Waals surface area contributed by atoms with Gasteiger partial charge in [0.05, 0.1) is 12.1 Å². The minimum absolute atomic E-state index is 0.149. The van der Waals surface area contributed by atoms with E-state index in [0.29, 0.717) is 17.6 Å². The summed E-state index contributed by atoms with van der Waals surface area (Å²) in [4.78, 5) is 10.2. The first-order valence-corrected chi connectivity index (χ1v) is 4.21. The number of allylic oxidation sites excluding steroid dienone is 1. The number of carbonyl (C=O) groups excluding carboxylic acids is 1. The van der Waals surface area contributed by atoms with Gasteiger partial charge in [-0.3, -0.25) is 4.79 Å². The molecule has 1 aromatic carbocycles. The predicted molar refractivity (Wildman–Crippen MR) is 52.8 cm³/mol. The lowest BCUT2D eigenvalue weighted by atomic mass is 10.2. The topological polar surface area (TPSA) is 26.3 Å². The van der Waals surface area contributed by atoms with Crippen LogP contribution in [0.5, 0.6) is 5.75 Å². The summed E-state index contributed by atoms with van der Waals surface area (Å²) < 4.78 is 17.8. The molecule has 0 bridgehead atoms. The predicted octanol–water partition coefficient (Wildman–Crippen LogP) is 2.61. The fourth-order valence-electron chi connectivity index (χ4n) is 1.02. The molecule has 0 saturated carbocycles. The summed E-state index contributed by atoms with van der Waals surface area (Å²) in [5, 5.41) is 0.149. The van der Waals surface area contributed by atoms with Crippen LogP contribution in [0.15, 0.2) is 24.3 Å². The number of hydrogen-bond donors (Lipinski definition) is 0. The molecule has 0 aliphatic rings. The van der Waals surface area contributed by atoms with Gasteiger partial charge in [-0.2, -0.15) is 0 Å². The van der Waals surface area contributed by atoms with Gasteiger partial charge in [-0.1, -0.05) is 11.6 Å². The van der Waals surface area contributed by atoms with Gasteiger partial charge in [0.15, 0.2) is 0 Å². The molecule has 0 fully saturated rings. The molecule has 0 saturated heterocycles. The summed E-state index contributed by atoms with van der Waals surface area (Å²) in [6.45, 7) is 0. The van der Waals surface area contributed by atoms with Crippen LogP contribution in [-0.4, -0.2) is 13.4 Å². The zero-order valence-corrected chi connectivity index (χ0v) is 8.22. The van der Waals surface area contributed by atoms with Crippen LogP contribution in [0.1, 0.15) is 5.56 Å². The fraction of sp³-hybridized carbons (Fsp3) is 0.100. The maximum absolute atomic E-state index is 12.9. The Balaban J connectivity index is 3.23. The molecular formula is C10H8ClFO2. The number of methoxy groups -OCH3 is 1. The monoisotopic (exact) mass is 214 g/mol. The maximum atomic E-state index is 12.9. The second kappa shape index (κ2) is 4.77. The minimum atomic E-state index is -0.432. The number of rotatable bonds is 3. The Hall–Kier alpha value is -1.35. The molecule has 0 amide bonds. The molecule has 0 atom stereocenters. The number of carbonyl (C=O) groups is 1. The van der Waals surface area contributed by atoms with E-state index in [9.17, 15) is 9.18 Å². The van der Waals surface area contributed by atoms with E-state index in [1.807, 2.05) is 0 Å². The van der Waals surface area contributed by atoms with Gasteiger partial charge in [-0.05, 0) is 24.3 Å². The van der Waals surface area contributed by atoms with E-state index in [4.69, 9.17) is 16.3 Å². The first-order valence-electron chi connectivity index (χ1n) is 3.84. The molecule has 0 aliphatic carbocycles.